The lowest BCUT2D eigenvalue weighted by atomic mass is 10.0. The zero-order valence-electron chi connectivity index (χ0n) is 15.4. The molecule has 0 unspecified atom stereocenters. The number of H-pyrrole nitrogens is 1. The first-order chi connectivity index (χ1) is 12.9. The third kappa shape index (κ3) is 4.14. The molecule has 1 aromatic carbocycles. The highest BCUT2D eigenvalue weighted by molar-refractivity contribution is 6.31. The number of aromatic amines is 1. The predicted molar refractivity (Wildman–Crippen MR) is 104 cm³/mol. The van der Waals surface area contributed by atoms with E-state index in [4.69, 9.17) is 11.6 Å². The van der Waals surface area contributed by atoms with Gasteiger partial charge in [-0.1, -0.05) is 29.8 Å². The smallest absolute Gasteiger partial charge is 0.328 e. The van der Waals surface area contributed by atoms with Crippen LogP contribution in [-0.4, -0.2) is 58.5 Å². The van der Waals surface area contributed by atoms with Gasteiger partial charge in [0.15, 0.2) is 0 Å². The number of likely N-dealkylation sites (tertiary alicyclic amines) is 1. The first-order valence-electron chi connectivity index (χ1n) is 8.90. The number of hydrogen-bond acceptors (Lipinski definition) is 4. The van der Waals surface area contributed by atoms with Crippen LogP contribution in [-0.2, 0) is 6.54 Å². The number of amides is 1. The van der Waals surface area contributed by atoms with E-state index in [1.54, 1.807) is 36.2 Å². The number of nitrogens with zero attached hydrogens (tertiary/aromatic N) is 3. The number of carbonyl (C=O) groups is 1. The second-order valence-corrected chi connectivity index (χ2v) is 7.35. The van der Waals surface area contributed by atoms with Crippen LogP contribution in [0.4, 0.5) is 0 Å². The fourth-order valence-corrected chi connectivity index (χ4v) is 3.54. The van der Waals surface area contributed by atoms with Crippen LogP contribution in [0, 0.1) is 0 Å². The maximum Gasteiger partial charge on any atom is 0.328 e. The molecule has 27 heavy (non-hydrogen) atoms. The minimum atomic E-state index is -0.608. The highest BCUT2D eigenvalue weighted by Gasteiger charge is 2.27. The van der Waals surface area contributed by atoms with Gasteiger partial charge in [-0.05, 0) is 44.6 Å². The number of carbonyl (C=O) groups excluding carboxylic acids is 1. The van der Waals surface area contributed by atoms with E-state index in [9.17, 15) is 14.4 Å². The predicted octanol–water partition coefficient (Wildman–Crippen LogP) is 1.40. The van der Waals surface area contributed by atoms with Crippen molar-refractivity contribution in [3.63, 3.8) is 0 Å². The monoisotopic (exact) mass is 390 g/mol. The van der Waals surface area contributed by atoms with Crippen molar-refractivity contribution in [3.05, 3.63) is 67.4 Å². The Kier molecular flexibility index (Phi) is 5.82. The van der Waals surface area contributed by atoms with Crippen LogP contribution in [0.2, 0.25) is 5.02 Å². The molecular weight excluding hydrogens is 368 g/mol. The normalized spacial score (nSPS) is 15.7. The third-order valence-electron chi connectivity index (χ3n) is 5.13. The maximum absolute atomic E-state index is 12.9. The zero-order chi connectivity index (χ0) is 19.6. The fourth-order valence-electron chi connectivity index (χ4n) is 3.34. The van der Waals surface area contributed by atoms with Gasteiger partial charge in [-0.2, -0.15) is 0 Å². The Morgan fingerprint density at radius 3 is 2.59 bits per heavy atom. The Morgan fingerprint density at radius 2 is 1.93 bits per heavy atom. The van der Waals surface area contributed by atoms with Gasteiger partial charge >= 0.3 is 5.69 Å². The number of hydrogen-bond donors (Lipinski definition) is 1. The number of rotatable bonds is 4. The summed E-state index contributed by atoms with van der Waals surface area (Å²) in [7, 11) is 3.76. The van der Waals surface area contributed by atoms with Crippen LogP contribution >= 0.6 is 11.6 Å². The Morgan fingerprint density at radius 1 is 1.26 bits per heavy atom. The van der Waals surface area contributed by atoms with Crippen molar-refractivity contribution in [2.75, 3.05) is 27.2 Å². The second-order valence-electron chi connectivity index (χ2n) is 6.94. The highest BCUT2D eigenvalue weighted by Crippen LogP contribution is 2.16. The number of halogens is 1. The molecule has 7 nitrogen and oxygen atoms in total. The number of nitrogens with one attached hydrogen (secondary N) is 1. The van der Waals surface area contributed by atoms with Crippen molar-refractivity contribution in [2.45, 2.75) is 25.4 Å². The molecule has 0 saturated carbocycles. The molecule has 1 aromatic heterocycles. The molecule has 0 radical (unpaired) electrons. The standard InChI is InChI=1S/C19H23ClN4O3/c1-22-9-7-14(8-10-22)23(2)17(25)15-11-21-19(27)24(18(15)26)12-13-5-3-4-6-16(13)20/h3-6,11,14H,7-10,12H2,1-2H3,(H,21,27). The van der Waals surface area contributed by atoms with E-state index < -0.39 is 11.2 Å². The van der Waals surface area contributed by atoms with Gasteiger partial charge in [0.25, 0.3) is 11.5 Å². The summed E-state index contributed by atoms with van der Waals surface area (Å²) in [6.45, 7) is 1.82. The van der Waals surface area contributed by atoms with Crippen LogP contribution in [0.5, 0.6) is 0 Å². The van der Waals surface area contributed by atoms with E-state index in [0.29, 0.717) is 10.6 Å². The van der Waals surface area contributed by atoms with Gasteiger partial charge in [-0.3, -0.25) is 14.2 Å². The van der Waals surface area contributed by atoms with Crippen molar-refractivity contribution >= 4 is 17.5 Å². The molecule has 1 fully saturated rings. The summed E-state index contributed by atoms with van der Waals surface area (Å²) in [5, 5.41) is 0.462. The number of aromatic nitrogens is 2. The molecule has 3 rings (SSSR count). The lowest BCUT2D eigenvalue weighted by Gasteiger charge is -2.35. The largest absolute Gasteiger partial charge is 0.338 e. The highest BCUT2D eigenvalue weighted by atomic mass is 35.5. The molecule has 1 amide bonds. The minimum Gasteiger partial charge on any atom is -0.338 e. The molecular formula is C19H23ClN4O3. The first kappa shape index (κ1) is 19.4. The molecule has 1 N–H and O–H groups in total. The lowest BCUT2D eigenvalue weighted by molar-refractivity contribution is 0.0656. The molecule has 1 aliphatic rings. The molecule has 2 heterocycles. The number of benzene rings is 1. The van der Waals surface area contributed by atoms with Crippen LogP contribution in [0.3, 0.4) is 0 Å². The minimum absolute atomic E-state index is 0.00684. The Labute approximate surface area is 162 Å². The van der Waals surface area contributed by atoms with Gasteiger partial charge in [0, 0.05) is 24.3 Å². The first-order valence-corrected chi connectivity index (χ1v) is 9.28. The molecule has 0 spiro atoms. The topological polar surface area (TPSA) is 78.4 Å². The summed E-state index contributed by atoms with van der Waals surface area (Å²) in [4.78, 5) is 44.2. The maximum atomic E-state index is 12.9. The van der Waals surface area contributed by atoms with E-state index in [1.165, 1.54) is 6.20 Å². The molecule has 2 aromatic rings. The average Bonchev–Trinajstić information content (AvgIpc) is 2.66. The Balaban J connectivity index is 1.88. The SMILES string of the molecule is CN1CCC(N(C)C(=O)c2c[nH]c(=O)n(Cc3ccccc3Cl)c2=O)CC1. The van der Waals surface area contributed by atoms with Gasteiger partial charge in [0.2, 0.25) is 0 Å². The molecule has 0 bridgehead atoms. The van der Waals surface area contributed by atoms with E-state index in [0.717, 1.165) is 30.5 Å². The van der Waals surface area contributed by atoms with Crippen LogP contribution in [0.15, 0.2) is 40.1 Å². The van der Waals surface area contributed by atoms with Gasteiger partial charge in [-0.25, -0.2) is 4.79 Å². The van der Waals surface area contributed by atoms with Crippen molar-refractivity contribution in [3.8, 4) is 0 Å². The molecule has 144 valence electrons. The van der Waals surface area contributed by atoms with E-state index in [2.05, 4.69) is 9.88 Å². The van der Waals surface area contributed by atoms with Crippen molar-refractivity contribution in [2.24, 2.45) is 0 Å². The summed E-state index contributed by atoms with van der Waals surface area (Å²) in [6.07, 6.45) is 2.92. The van der Waals surface area contributed by atoms with Gasteiger partial charge < -0.3 is 14.8 Å². The van der Waals surface area contributed by atoms with Gasteiger partial charge in [0.1, 0.15) is 5.56 Å². The summed E-state index contributed by atoms with van der Waals surface area (Å²) >= 11 is 6.14. The Hall–Kier alpha value is -2.38. The molecule has 0 aliphatic carbocycles. The summed E-state index contributed by atoms with van der Waals surface area (Å²) in [5.41, 5.74) is -0.579. The zero-order valence-corrected chi connectivity index (χ0v) is 16.2. The number of piperidine rings is 1. The summed E-state index contributed by atoms with van der Waals surface area (Å²) < 4.78 is 1.01. The Bertz CT molecular complexity index is 944. The van der Waals surface area contributed by atoms with Crippen molar-refractivity contribution in [1.29, 1.82) is 0 Å². The quantitative estimate of drug-likeness (QED) is 0.856. The van der Waals surface area contributed by atoms with E-state index in [1.807, 2.05) is 7.05 Å². The summed E-state index contributed by atoms with van der Waals surface area (Å²) in [6, 6.07) is 7.07. The van der Waals surface area contributed by atoms with Crippen LogP contribution in [0.25, 0.3) is 0 Å². The molecule has 1 saturated heterocycles. The van der Waals surface area contributed by atoms with Crippen molar-refractivity contribution < 1.29 is 4.79 Å². The molecule has 8 heteroatoms. The fraction of sp³-hybridized carbons (Fsp3) is 0.421. The van der Waals surface area contributed by atoms with Crippen LogP contribution in [0.1, 0.15) is 28.8 Å². The van der Waals surface area contributed by atoms with Crippen LogP contribution < -0.4 is 11.2 Å². The third-order valence-corrected chi connectivity index (χ3v) is 5.50. The average molecular weight is 391 g/mol. The molecule has 0 atom stereocenters. The summed E-state index contributed by atoms with van der Waals surface area (Å²) in [5.74, 6) is -0.376. The second kappa shape index (κ2) is 8.10. The molecule has 1 aliphatic heterocycles. The lowest BCUT2D eigenvalue weighted by Crippen LogP contribution is -2.47. The van der Waals surface area contributed by atoms with Gasteiger partial charge in [0.05, 0.1) is 6.54 Å². The van der Waals surface area contributed by atoms with E-state index in [-0.39, 0.29) is 24.1 Å². The van der Waals surface area contributed by atoms with Gasteiger partial charge in [-0.15, -0.1) is 0 Å². The van der Waals surface area contributed by atoms with Crippen molar-refractivity contribution in [1.82, 2.24) is 19.4 Å². The van der Waals surface area contributed by atoms with E-state index >= 15 is 0 Å².